The molecule has 98 valence electrons. The first kappa shape index (κ1) is 14.4. The normalized spacial score (nSPS) is 9.72. The summed E-state index contributed by atoms with van der Waals surface area (Å²) in [6, 6.07) is 3.24. The highest BCUT2D eigenvalue weighted by atomic mass is 79.9. The number of ether oxygens (including phenoxy) is 1. The maximum atomic E-state index is 12.8. The lowest BCUT2D eigenvalue weighted by Crippen LogP contribution is -2.41. The van der Waals surface area contributed by atoms with E-state index in [1.165, 1.54) is 18.2 Å². The minimum absolute atomic E-state index is 0.322. The monoisotopic (exact) mass is 318 g/mol. The van der Waals surface area contributed by atoms with Crippen LogP contribution in [0.5, 0.6) is 5.75 Å². The van der Waals surface area contributed by atoms with Crippen molar-refractivity contribution >= 4 is 27.9 Å². The van der Waals surface area contributed by atoms with Gasteiger partial charge in [-0.2, -0.15) is 0 Å². The predicted molar refractivity (Wildman–Crippen MR) is 66.8 cm³/mol. The minimum atomic E-state index is -0.586. The van der Waals surface area contributed by atoms with Crippen LogP contribution < -0.4 is 15.4 Å². The van der Waals surface area contributed by atoms with E-state index in [0.717, 1.165) is 0 Å². The summed E-state index contributed by atoms with van der Waals surface area (Å²) in [5, 5.41) is 4.49. The standard InChI is InChI=1S/C11H12BrFN2O3/c1-2-14-11(17)15-10(16)6-18-9-4-3-7(13)5-8(9)12/h3-5H,2,6H2,1H3,(H2,14,15,16,17). The van der Waals surface area contributed by atoms with Gasteiger partial charge >= 0.3 is 6.03 Å². The molecule has 0 spiro atoms. The Balaban J connectivity index is 2.45. The van der Waals surface area contributed by atoms with E-state index in [4.69, 9.17) is 4.74 Å². The maximum Gasteiger partial charge on any atom is 0.321 e. The third-order valence-electron chi connectivity index (χ3n) is 1.84. The first-order valence-electron chi connectivity index (χ1n) is 5.18. The van der Waals surface area contributed by atoms with E-state index < -0.39 is 17.8 Å². The lowest BCUT2D eigenvalue weighted by molar-refractivity contribution is -0.122. The molecule has 0 saturated carbocycles. The van der Waals surface area contributed by atoms with Crippen LogP contribution in [0.3, 0.4) is 0 Å². The van der Waals surface area contributed by atoms with Gasteiger partial charge in [0.15, 0.2) is 6.61 Å². The number of amides is 3. The summed E-state index contributed by atoms with van der Waals surface area (Å²) >= 11 is 3.10. The Kier molecular flexibility index (Phi) is 5.57. The second kappa shape index (κ2) is 6.95. The quantitative estimate of drug-likeness (QED) is 0.889. The Bertz CT molecular complexity index is 454. The summed E-state index contributed by atoms with van der Waals surface area (Å²) in [7, 11) is 0. The third kappa shape index (κ3) is 4.70. The molecular formula is C11H12BrFN2O3. The number of rotatable bonds is 4. The summed E-state index contributed by atoms with van der Waals surface area (Å²) < 4.78 is 18.3. The van der Waals surface area contributed by atoms with E-state index in [1.54, 1.807) is 6.92 Å². The number of carbonyl (C=O) groups excluding carboxylic acids is 2. The highest BCUT2D eigenvalue weighted by Crippen LogP contribution is 2.25. The molecular weight excluding hydrogens is 307 g/mol. The molecule has 0 aliphatic carbocycles. The van der Waals surface area contributed by atoms with Crippen molar-refractivity contribution < 1.29 is 18.7 Å². The fraction of sp³-hybridized carbons (Fsp3) is 0.273. The molecule has 7 heteroatoms. The van der Waals surface area contributed by atoms with Gasteiger partial charge in [-0.05, 0) is 41.1 Å². The molecule has 3 amide bonds. The SMILES string of the molecule is CCNC(=O)NC(=O)COc1ccc(F)cc1Br. The first-order valence-corrected chi connectivity index (χ1v) is 5.97. The van der Waals surface area contributed by atoms with Crippen LogP contribution in [-0.2, 0) is 4.79 Å². The van der Waals surface area contributed by atoms with Crippen molar-refractivity contribution in [1.29, 1.82) is 0 Å². The number of urea groups is 1. The summed E-state index contributed by atoms with van der Waals surface area (Å²) in [5.74, 6) is -0.680. The first-order chi connectivity index (χ1) is 8.52. The molecule has 0 aliphatic rings. The van der Waals surface area contributed by atoms with E-state index in [0.29, 0.717) is 16.8 Å². The number of hydrogen-bond acceptors (Lipinski definition) is 3. The van der Waals surface area contributed by atoms with Gasteiger partial charge < -0.3 is 10.1 Å². The molecule has 0 bridgehead atoms. The smallest absolute Gasteiger partial charge is 0.321 e. The fourth-order valence-corrected chi connectivity index (χ4v) is 1.57. The van der Waals surface area contributed by atoms with Crippen molar-refractivity contribution in [2.24, 2.45) is 0 Å². The molecule has 1 aromatic rings. The van der Waals surface area contributed by atoms with Gasteiger partial charge in [-0.25, -0.2) is 9.18 Å². The number of imide groups is 1. The molecule has 0 aromatic heterocycles. The lowest BCUT2D eigenvalue weighted by atomic mass is 10.3. The number of benzene rings is 1. The summed E-state index contributed by atoms with van der Waals surface area (Å²) in [6.45, 7) is 1.82. The second-order valence-corrected chi connectivity index (χ2v) is 4.13. The Labute approximate surface area is 112 Å². The molecule has 0 heterocycles. The zero-order valence-corrected chi connectivity index (χ0v) is 11.2. The molecule has 5 nitrogen and oxygen atoms in total. The zero-order valence-electron chi connectivity index (χ0n) is 9.63. The van der Waals surface area contributed by atoms with Crippen LogP contribution in [0.4, 0.5) is 9.18 Å². The average Bonchev–Trinajstić information content (AvgIpc) is 2.28. The van der Waals surface area contributed by atoms with Gasteiger partial charge in [0.1, 0.15) is 11.6 Å². The molecule has 0 radical (unpaired) electrons. The van der Waals surface area contributed by atoms with Crippen molar-refractivity contribution in [3.8, 4) is 5.75 Å². The van der Waals surface area contributed by atoms with Gasteiger partial charge in [-0.3, -0.25) is 10.1 Å². The molecule has 0 fully saturated rings. The van der Waals surface area contributed by atoms with Crippen LogP contribution in [0, 0.1) is 5.82 Å². The van der Waals surface area contributed by atoms with Crippen molar-refractivity contribution in [2.75, 3.05) is 13.2 Å². The van der Waals surface area contributed by atoms with Gasteiger partial charge in [0, 0.05) is 6.54 Å². The highest BCUT2D eigenvalue weighted by Gasteiger charge is 2.09. The number of carbonyl (C=O) groups is 2. The van der Waals surface area contributed by atoms with Gasteiger partial charge in [-0.15, -0.1) is 0 Å². The molecule has 0 saturated heterocycles. The largest absolute Gasteiger partial charge is 0.483 e. The van der Waals surface area contributed by atoms with E-state index in [9.17, 15) is 14.0 Å². The lowest BCUT2D eigenvalue weighted by Gasteiger charge is -2.08. The topological polar surface area (TPSA) is 67.4 Å². The molecule has 0 aliphatic heterocycles. The molecule has 1 aromatic carbocycles. The molecule has 0 unspecified atom stereocenters. The Morgan fingerprint density at radius 3 is 2.78 bits per heavy atom. The van der Waals surface area contributed by atoms with Crippen molar-refractivity contribution in [1.82, 2.24) is 10.6 Å². The summed E-state index contributed by atoms with van der Waals surface area (Å²) in [4.78, 5) is 22.3. The Morgan fingerprint density at radius 2 is 2.17 bits per heavy atom. The van der Waals surface area contributed by atoms with E-state index in [1.807, 2.05) is 0 Å². The fourth-order valence-electron chi connectivity index (χ4n) is 1.10. The van der Waals surface area contributed by atoms with Gasteiger partial charge in [0.25, 0.3) is 5.91 Å². The average molecular weight is 319 g/mol. The highest BCUT2D eigenvalue weighted by molar-refractivity contribution is 9.10. The van der Waals surface area contributed by atoms with E-state index in [-0.39, 0.29) is 6.61 Å². The van der Waals surface area contributed by atoms with Gasteiger partial charge in [0.2, 0.25) is 0 Å². The van der Waals surface area contributed by atoms with Crippen LogP contribution in [0.25, 0.3) is 0 Å². The van der Waals surface area contributed by atoms with Crippen molar-refractivity contribution in [3.05, 3.63) is 28.5 Å². The van der Waals surface area contributed by atoms with Crippen molar-refractivity contribution in [2.45, 2.75) is 6.92 Å². The Hall–Kier alpha value is -1.63. The third-order valence-corrected chi connectivity index (χ3v) is 2.46. The number of hydrogen-bond donors (Lipinski definition) is 2. The molecule has 18 heavy (non-hydrogen) atoms. The van der Waals surface area contributed by atoms with E-state index >= 15 is 0 Å². The van der Waals surface area contributed by atoms with E-state index in [2.05, 4.69) is 26.6 Å². The van der Waals surface area contributed by atoms with Gasteiger partial charge in [-0.1, -0.05) is 0 Å². The number of nitrogens with one attached hydrogen (secondary N) is 2. The summed E-state index contributed by atoms with van der Waals surface area (Å²) in [6.07, 6.45) is 0. The van der Waals surface area contributed by atoms with Crippen LogP contribution in [-0.4, -0.2) is 25.1 Å². The van der Waals surface area contributed by atoms with Crippen LogP contribution in [0.1, 0.15) is 6.92 Å². The van der Waals surface area contributed by atoms with Crippen LogP contribution >= 0.6 is 15.9 Å². The zero-order chi connectivity index (χ0) is 13.5. The summed E-state index contributed by atoms with van der Waals surface area (Å²) in [5.41, 5.74) is 0. The maximum absolute atomic E-state index is 12.8. The molecule has 2 N–H and O–H groups in total. The van der Waals surface area contributed by atoms with Crippen LogP contribution in [0.15, 0.2) is 22.7 Å². The van der Waals surface area contributed by atoms with Crippen LogP contribution in [0.2, 0.25) is 0 Å². The second-order valence-electron chi connectivity index (χ2n) is 3.27. The molecule has 0 atom stereocenters. The van der Waals surface area contributed by atoms with Gasteiger partial charge in [0.05, 0.1) is 4.47 Å². The van der Waals surface area contributed by atoms with Crippen molar-refractivity contribution in [3.63, 3.8) is 0 Å². The molecule has 1 rings (SSSR count). The number of halogens is 2. The Morgan fingerprint density at radius 1 is 1.44 bits per heavy atom. The predicted octanol–water partition coefficient (Wildman–Crippen LogP) is 1.81. The minimum Gasteiger partial charge on any atom is -0.483 e.